The fourth-order valence-electron chi connectivity index (χ4n) is 8.69. The highest BCUT2D eigenvalue weighted by Crippen LogP contribution is 2.26. The maximum absolute atomic E-state index is 13.0. The summed E-state index contributed by atoms with van der Waals surface area (Å²) in [5.74, 6) is -0.260. The number of aliphatic hydroxyl groups is 4. The van der Waals surface area contributed by atoms with Crippen LogP contribution < -0.4 is 5.32 Å². The van der Waals surface area contributed by atoms with E-state index in [0.717, 1.165) is 44.9 Å². The van der Waals surface area contributed by atoms with Crippen molar-refractivity contribution in [3.63, 3.8) is 0 Å². The topological polar surface area (TPSA) is 192 Å². The van der Waals surface area contributed by atoms with E-state index in [9.17, 15) is 38.2 Å². The van der Waals surface area contributed by atoms with Crippen molar-refractivity contribution in [1.29, 1.82) is 0 Å². The third-order valence-electron chi connectivity index (χ3n) is 12.8. The number of hydrogen-bond donors (Lipinski definition) is 6. The quantitative estimate of drug-likeness (QED) is 0.0193. The van der Waals surface area contributed by atoms with Gasteiger partial charge in [0.2, 0.25) is 5.91 Å². The molecule has 1 aliphatic heterocycles. The van der Waals surface area contributed by atoms with Crippen LogP contribution in [0.25, 0.3) is 0 Å². The molecular weight excluding hydrogens is 835 g/mol. The lowest BCUT2D eigenvalue weighted by Crippen LogP contribution is -2.61. The zero-order valence-corrected chi connectivity index (χ0v) is 41.7. The summed E-state index contributed by atoms with van der Waals surface area (Å²) in [5, 5.41) is 44.6. The van der Waals surface area contributed by atoms with Crippen LogP contribution in [0.4, 0.5) is 0 Å². The summed E-state index contributed by atoms with van der Waals surface area (Å²) in [4.78, 5) is 13.0. The maximum atomic E-state index is 13.0. The highest BCUT2D eigenvalue weighted by atomic mass is 32.3. The predicted molar refractivity (Wildman–Crippen MR) is 259 cm³/mol. The highest BCUT2D eigenvalue weighted by Gasteiger charge is 2.48. The molecule has 1 saturated heterocycles. The normalized spacial score (nSPS) is 20.3. The number of unbranched alkanes of at least 4 members (excludes halogenated alkanes) is 34. The first-order valence-electron chi connectivity index (χ1n) is 26.6. The van der Waals surface area contributed by atoms with E-state index in [1.807, 2.05) is 6.08 Å². The van der Waals surface area contributed by atoms with Gasteiger partial charge in [-0.15, -0.1) is 0 Å². The number of amides is 1. The van der Waals surface area contributed by atoms with Crippen molar-refractivity contribution in [2.45, 2.75) is 294 Å². The monoisotopic (exact) mass is 934 g/mol. The number of aliphatic hydroxyl groups excluding tert-OH is 4. The molecule has 0 aromatic rings. The molecule has 0 saturated carbocycles. The first kappa shape index (κ1) is 60.9. The molecule has 0 radical (unpaired) electrons. The van der Waals surface area contributed by atoms with Gasteiger partial charge >= 0.3 is 10.4 Å². The molecule has 13 heteroatoms. The van der Waals surface area contributed by atoms with Crippen molar-refractivity contribution < 1.29 is 51.8 Å². The van der Waals surface area contributed by atoms with Gasteiger partial charge in [0.1, 0.15) is 24.4 Å². The molecule has 7 unspecified atom stereocenters. The Balaban J connectivity index is 2.24. The Morgan fingerprint density at radius 3 is 1.36 bits per heavy atom. The molecule has 1 rings (SSSR count). The van der Waals surface area contributed by atoms with Crippen LogP contribution in [0.2, 0.25) is 0 Å². The first-order valence-corrected chi connectivity index (χ1v) is 27.9. The largest absolute Gasteiger partial charge is 0.397 e. The van der Waals surface area contributed by atoms with Gasteiger partial charge in [0.05, 0.1) is 25.4 Å². The van der Waals surface area contributed by atoms with E-state index in [1.54, 1.807) is 6.08 Å². The molecule has 12 nitrogen and oxygen atoms in total. The van der Waals surface area contributed by atoms with Crippen molar-refractivity contribution in [2.24, 2.45) is 0 Å². The Labute approximate surface area is 391 Å². The third-order valence-corrected chi connectivity index (χ3v) is 13.3. The number of carbonyl (C=O) groups is 1. The zero-order valence-electron chi connectivity index (χ0n) is 40.9. The van der Waals surface area contributed by atoms with Crippen molar-refractivity contribution in [1.82, 2.24) is 5.32 Å². The number of carbonyl (C=O) groups excluding carboxylic acids is 1. The molecule has 64 heavy (non-hydrogen) atoms. The fourth-order valence-corrected chi connectivity index (χ4v) is 9.20. The molecule has 7 atom stereocenters. The molecule has 1 fully saturated rings. The maximum Gasteiger partial charge on any atom is 0.397 e. The summed E-state index contributed by atoms with van der Waals surface area (Å²) in [6.07, 6.45) is 40.1. The Morgan fingerprint density at radius 1 is 0.609 bits per heavy atom. The van der Waals surface area contributed by atoms with Gasteiger partial charge < -0.3 is 35.2 Å². The summed E-state index contributed by atoms with van der Waals surface area (Å²) in [5.41, 5.74) is 0. The van der Waals surface area contributed by atoms with E-state index in [0.29, 0.717) is 6.42 Å². The summed E-state index contributed by atoms with van der Waals surface area (Å²) in [6.45, 7) is 3.37. The minimum absolute atomic E-state index is 0.260. The number of ether oxygens (including phenoxy) is 2. The van der Waals surface area contributed by atoms with Gasteiger partial charge in [0.25, 0.3) is 0 Å². The van der Waals surface area contributed by atoms with E-state index < -0.39 is 59.9 Å². The van der Waals surface area contributed by atoms with Gasteiger partial charge in [-0.05, 0) is 19.3 Å². The molecule has 0 aliphatic carbocycles. The summed E-state index contributed by atoms with van der Waals surface area (Å²) >= 11 is 0. The molecular formula is C51H99NO11S. The minimum atomic E-state index is -5.08. The van der Waals surface area contributed by atoms with Crippen molar-refractivity contribution in [3.05, 3.63) is 12.2 Å². The standard InChI is InChI=1S/C51H99NO11S/c1-3-5-7-9-11-13-14-15-16-17-18-19-20-21-22-23-24-25-26-27-28-29-30-31-33-35-37-39-41-47(55)52-44(45(54)40-38-36-34-32-12-10-8-6-4-2)43-61-51-49(57)50(63-64(58,59)60)48(56)46(42-53)62-51/h38,40,44-46,48-51,53-54,56-57H,3-37,39,41-43H2,1-2H3,(H,52,55)(H,58,59,60)/b40-38+. The number of allylic oxidation sites excluding steroid dienone is 1. The van der Waals surface area contributed by atoms with Gasteiger partial charge in [0.15, 0.2) is 6.29 Å². The van der Waals surface area contributed by atoms with Crippen LogP contribution >= 0.6 is 0 Å². The Kier molecular flexibility index (Phi) is 39.9. The van der Waals surface area contributed by atoms with Gasteiger partial charge in [0, 0.05) is 6.42 Å². The van der Waals surface area contributed by atoms with Crippen LogP contribution in [0.5, 0.6) is 0 Å². The van der Waals surface area contributed by atoms with Crippen LogP contribution in [0.1, 0.15) is 251 Å². The molecule has 380 valence electrons. The molecule has 0 aromatic carbocycles. The number of hydrogen-bond acceptors (Lipinski definition) is 10. The first-order chi connectivity index (χ1) is 31.0. The lowest BCUT2D eigenvalue weighted by atomic mass is 9.99. The van der Waals surface area contributed by atoms with Crippen molar-refractivity contribution >= 4 is 16.3 Å². The van der Waals surface area contributed by atoms with Crippen LogP contribution in [-0.4, -0.2) is 95.4 Å². The summed E-state index contributed by atoms with van der Waals surface area (Å²) in [7, 11) is -5.08. The van der Waals surface area contributed by atoms with Crippen LogP contribution in [-0.2, 0) is 28.9 Å². The SMILES string of the molecule is CCCCCCCCC/C=C/C(O)C(COC1OC(CO)C(O)C(OS(=O)(=O)O)C1O)NC(=O)CCCCCCCCCCCCCCCCCCCCCCCCCCCCCC. The van der Waals surface area contributed by atoms with Gasteiger partial charge in [-0.1, -0.05) is 238 Å². The Hall–Kier alpha value is -1.16. The fraction of sp³-hybridized carbons (Fsp3) is 0.941. The Morgan fingerprint density at radius 2 is 0.984 bits per heavy atom. The minimum Gasteiger partial charge on any atom is -0.394 e. The van der Waals surface area contributed by atoms with E-state index in [4.69, 9.17) is 9.47 Å². The summed E-state index contributed by atoms with van der Waals surface area (Å²) in [6, 6.07) is -0.937. The van der Waals surface area contributed by atoms with E-state index >= 15 is 0 Å². The van der Waals surface area contributed by atoms with Crippen LogP contribution in [0.3, 0.4) is 0 Å². The number of rotatable bonds is 46. The second-order valence-electron chi connectivity index (χ2n) is 18.8. The number of nitrogens with one attached hydrogen (secondary N) is 1. The second kappa shape index (κ2) is 42.0. The van der Waals surface area contributed by atoms with Gasteiger partial charge in [-0.3, -0.25) is 9.35 Å². The molecule has 1 aliphatic rings. The average molecular weight is 934 g/mol. The van der Waals surface area contributed by atoms with Crippen LogP contribution in [0, 0.1) is 0 Å². The van der Waals surface area contributed by atoms with E-state index in [1.165, 1.54) is 180 Å². The van der Waals surface area contributed by atoms with E-state index in [-0.39, 0.29) is 18.9 Å². The van der Waals surface area contributed by atoms with Gasteiger partial charge in [-0.25, -0.2) is 4.18 Å². The molecule has 6 N–H and O–H groups in total. The smallest absolute Gasteiger partial charge is 0.394 e. The lowest BCUT2D eigenvalue weighted by Gasteiger charge is -2.41. The molecule has 0 bridgehead atoms. The van der Waals surface area contributed by atoms with E-state index in [2.05, 4.69) is 23.3 Å². The van der Waals surface area contributed by atoms with Crippen molar-refractivity contribution in [3.8, 4) is 0 Å². The molecule has 0 spiro atoms. The molecule has 0 aromatic heterocycles. The van der Waals surface area contributed by atoms with Gasteiger partial charge in [-0.2, -0.15) is 8.42 Å². The lowest BCUT2D eigenvalue weighted by molar-refractivity contribution is -0.298. The van der Waals surface area contributed by atoms with Crippen LogP contribution in [0.15, 0.2) is 12.2 Å². The van der Waals surface area contributed by atoms with Crippen molar-refractivity contribution in [2.75, 3.05) is 13.2 Å². The molecule has 1 amide bonds. The third kappa shape index (κ3) is 34.2. The predicted octanol–water partition coefficient (Wildman–Crippen LogP) is 11.5. The molecule has 1 heterocycles. The highest BCUT2D eigenvalue weighted by molar-refractivity contribution is 7.80. The zero-order chi connectivity index (χ0) is 46.9. The second-order valence-corrected chi connectivity index (χ2v) is 19.9. The Bertz CT molecular complexity index is 1190. The average Bonchev–Trinajstić information content (AvgIpc) is 3.27. The summed E-state index contributed by atoms with van der Waals surface area (Å²) < 4.78 is 47.6.